The maximum atomic E-state index is 14.7. The van der Waals surface area contributed by atoms with Gasteiger partial charge < -0.3 is 25.1 Å². The quantitative estimate of drug-likeness (QED) is 0.363. The largest absolute Gasteiger partial charge is 0.465 e. The summed E-state index contributed by atoms with van der Waals surface area (Å²) in [5, 5.41) is 13.2. The van der Waals surface area contributed by atoms with Crippen molar-refractivity contribution < 1.29 is 23.9 Å². The van der Waals surface area contributed by atoms with E-state index in [9.17, 15) is 18.8 Å². The summed E-state index contributed by atoms with van der Waals surface area (Å²) in [6, 6.07) is 13.0. The molecule has 13 heteroatoms. The molecule has 9 nitrogen and oxygen atoms in total. The summed E-state index contributed by atoms with van der Waals surface area (Å²) in [6.07, 6.45) is -1.80. The number of carbonyl (C=O) groups excluding carboxylic acids is 2. The molecule has 0 radical (unpaired) electrons. The van der Waals surface area contributed by atoms with Crippen LogP contribution in [-0.4, -0.2) is 80.3 Å². The number of hydrogen-bond donors (Lipinski definition) is 2. The number of rotatable bonds is 6. The van der Waals surface area contributed by atoms with Gasteiger partial charge in [0.05, 0.1) is 18.6 Å². The zero-order valence-electron chi connectivity index (χ0n) is 25.9. The first-order valence-electron chi connectivity index (χ1n) is 15.4. The van der Waals surface area contributed by atoms with Crippen molar-refractivity contribution in [2.45, 2.75) is 76.4 Å². The monoisotopic (exact) mass is 687 g/mol. The van der Waals surface area contributed by atoms with Crippen molar-refractivity contribution in [3.63, 3.8) is 0 Å². The first kappa shape index (κ1) is 32.7. The second-order valence-electron chi connectivity index (χ2n) is 12.8. The lowest BCUT2D eigenvalue weighted by Crippen LogP contribution is -2.50. The maximum absolute atomic E-state index is 14.7. The Balaban J connectivity index is 1.36. The van der Waals surface area contributed by atoms with Crippen LogP contribution in [0, 0.1) is 5.92 Å². The fourth-order valence-corrected chi connectivity index (χ4v) is 8.80. The van der Waals surface area contributed by atoms with E-state index < -0.39 is 29.9 Å². The van der Waals surface area contributed by atoms with Gasteiger partial charge in [-0.3, -0.25) is 9.59 Å². The summed E-state index contributed by atoms with van der Waals surface area (Å²) in [5.74, 6) is -0.687. The summed E-state index contributed by atoms with van der Waals surface area (Å²) in [5.41, 5.74) is 2.07. The van der Waals surface area contributed by atoms with E-state index >= 15 is 0 Å². The first-order chi connectivity index (χ1) is 21.8. The highest BCUT2D eigenvalue weighted by Crippen LogP contribution is 2.56. The lowest BCUT2D eigenvalue weighted by atomic mass is 9.81. The molecule has 0 aliphatic carbocycles. The third-order valence-corrected chi connectivity index (χ3v) is 11.0. The van der Waals surface area contributed by atoms with E-state index in [1.165, 1.54) is 16.7 Å². The second kappa shape index (κ2) is 12.4. The highest BCUT2D eigenvalue weighted by molar-refractivity contribution is 8.18. The standard InChI is InChI=1S/C33H36Cl2FN5O4S/c1-17(2)26-27(30(43)40-18(3)5-14-25(40)29(42)39-15-23(36)24(16-39)37-32(44)45)46-31-38-33(4,20-8-12-22(35)13-9-20)28(41(26)31)19-6-10-21(34)11-7-19/h6-13,17-18,23-25,28,37H,5,14-16H2,1-4H3,(H,44,45)/t18-,23+,24+,25+,28-,33+/m1/s1. The van der Waals surface area contributed by atoms with Crippen molar-refractivity contribution in [1.29, 1.82) is 0 Å². The number of halogens is 3. The molecular formula is C33H36Cl2FN5O4S. The van der Waals surface area contributed by atoms with E-state index in [0.29, 0.717) is 33.0 Å². The zero-order valence-corrected chi connectivity index (χ0v) is 28.2. The van der Waals surface area contributed by atoms with E-state index in [2.05, 4.69) is 17.1 Å². The Morgan fingerprint density at radius 2 is 1.67 bits per heavy atom. The van der Waals surface area contributed by atoms with Crippen LogP contribution in [0.4, 0.5) is 9.18 Å². The van der Waals surface area contributed by atoms with Crippen LogP contribution in [0.25, 0.3) is 0 Å². The molecule has 244 valence electrons. The summed E-state index contributed by atoms with van der Waals surface area (Å²) < 4.78 is 14.7. The predicted octanol–water partition coefficient (Wildman–Crippen LogP) is 6.43. The number of nitrogens with zero attached hydrogens (tertiary/aromatic N) is 4. The van der Waals surface area contributed by atoms with Crippen LogP contribution in [0.3, 0.4) is 0 Å². The Labute approximate surface area is 281 Å². The SMILES string of the molecule is CC(C)C1=C(C(=O)N2[C@H](C)CC[C@H]2C(=O)N2C[C@H](NC(=O)O)[C@@H](F)C2)SC2=N[C@@](C)(c3ccc(Cl)cc3)[C@@H](c3ccc(Cl)cc3)N21. The Morgan fingerprint density at radius 1 is 1.04 bits per heavy atom. The Kier molecular flexibility index (Phi) is 8.80. The summed E-state index contributed by atoms with van der Waals surface area (Å²) in [6.45, 7) is 7.79. The number of alkyl halides is 1. The number of allylic oxidation sites excluding steroid dienone is 1. The number of benzene rings is 2. The maximum Gasteiger partial charge on any atom is 0.405 e. The first-order valence-corrected chi connectivity index (χ1v) is 16.9. The minimum Gasteiger partial charge on any atom is -0.465 e. The molecule has 4 aliphatic rings. The molecule has 4 aliphatic heterocycles. The van der Waals surface area contributed by atoms with Crippen LogP contribution in [0.1, 0.15) is 57.7 Å². The van der Waals surface area contributed by atoms with Gasteiger partial charge in [-0.2, -0.15) is 0 Å². The highest BCUT2D eigenvalue weighted by Gasteiger charge is 2.54. The molecule has 2 aromatic carbocycles. The average Bonchev–Trinajstić information content (AvgIpc) is 3.74. The number of thioether (sulfide) groups is 1. The minimum absolute atomic E-state index is 0.0673. The van der Waals surface area contributed by atoms with E-state index in [1.807, 2.05) is 69.3 Å². The normalized spacial score (nSPS) is 29.1. The molecule has 0 aromatic heterocycles. The van der Waals surface area contributed by atoms with Gasteiger partial charge in [-0.25, -0.2) is 14.2 Å². The molecule has 6 atom stereocenters. The molecule has 0 bridgehead atoms. The van der Waals surface area contributed by atoms with Gasteiger partial charge in [-0.15, -0.1) is 0 Å². The molecule has 0 unspecified atom stereocenters. The second-order valence-corrected chi connectivity index (χ2v) is 14.7. The van der Waals surface area contributed by atoms with Crippen molar-refractivity contribution in [2.75, 3.05) is 13.1 Å². The van der Waals surface area contributed by atoms with Crippen molar-refractivity contribution in [2.24, 2.45) is 10.9 Å². The molecule has 0 spiro atoms. The Bertz CT molecular complexity index is 1620. The van der Waals surface area contributed by atoms with Crippen LogP contribution in [0.2, 0.25) is 10.0 Å². The molecule has 2 fully saturated rings. The number of carboxylic acid groups (broad SMARTS) is 1. The third-order valence-electron chi connectivity index (χ3n) is 9.42. The van der Waals surface area contributed by atoms with Crippen molar-refractivity contribution in [3.05, 3.63) is 80.3 Å². The summed E-state index contributed by atoms with van der Waals surface area (Å²) >= 11 is 13.9. The van der Waals surface area contributed by atoms with Crippen LogP contribution >= 0.6 is 35.0 Å². The predicted molar refractivity (Wildman–Crippen MR) is 177 cm³/mol. The lowest BCUT2D eigenvalue weighted by molar-refractivity contribution is -0.142. The van der Waals surface area contributed by atoms with Crippen molar-refractivity contribution in [3.8, 4) is 0 Å². The number of nitrogens with one attached hydrogen (secondary N) is 1. The number of likely N-dealkylation sites (tertiary alicyclic amines) is 2. The summed E-state index contributed by atoms with van der Waals surface area (Å²) in [7, 11) is 0. The van der Waals surface area contributed by atoms with Crippen LogP contribution in [0.15, 0.2) is 64.1 Å². The summed E-state index contributed by atoms with van der Waals surface area (Å²) in [4.78, 5) is 50.4. The topological polar surface area (TPSA) is 106 Å². The molecule has 2 aromatic rings. The molecule has 6 rings (SSSR count). The van der Waals surface area contributed by atoms with E-state index in [0.717, 1.165) is 16.8 Å². The number of carbonyl (C=O) groups is 3. The molecule has 4 heterocycles. The van der Waals surface area contributed by atoms with Gasteiger partial charge in [0.1, 0.15) is 22.7 Å². The van der Waals surface area contributed by atoms with Crippen LogP contribution < -0.4 is 5.32 Å². The molecule has 2 N–H and O–H groups in total. The smallest absolute Gasteiger partial charge is 0.405 e. The van der Waals surface area contributed by atoms with Gasteiger partial charge in [0.2, 0.25) is 5.91 Å². The van der Waals surface area contributed by atoms with E-state index in [1.54, 1.807) is 4.90 Å². The zero-order chi connectivity index (χ0) is 33.1. The Morgan fingerprint density at radius 3 is 2.28 bits per heavy atom. The third kappa shape index (κ3) is 5.64. The van der Waals surface area contributed by atoms with Crippen LogP contribution in [0.5, 0.6) is 0 Å². The fraction of sp³-hybridized carbons (Fsp3) is 0.455. The van der Waals surface area contributed by atoms with Gasteiger partial charge in [-0.05, 0) is 79.8 Å². The number of amidine groups is 1. The van der Waals surface area contributed by atoms with Gasteiger partial charge in [-0.1, -0.05) is 61.3 Å². The van der Waals surface area contributed by atoms with Gasteiger partial charge in [0.25, 0.3) is 5.91 Å². The van der Waals surface area contributed by atoms with Gasteiger partial charge >= 0.3 is 6.09 Å². The number of aliphatic imine (C=N–C) groups is 1. The fourth-order valence-electron chi connectivity index (χ4n) is 7.20. The molecular weight excluding hydrogens is 652 g/mol. The minimum atomic E-state index is -1.52. The molecule has 0 saturated carbocycles. The van der Waals surface area contributed by atoms with Gasteiger partial charge in [0.15, 0.2) is 5.17 Å². The molecule has 46 heavy (non-hydrogen) atoms. The Hall–Kier alpha value is -3.28. The van der Waals surface area contributed by atoms with Crippen molar-refractivity contribution >= 4 is 58.0 Å². The van der Waals surface area contributed by atoms with Crippen molar-refractivity contribution in [1.82, 2.24) is 20.0 Å². The molecule has 2 saturated heterocycles. The highest BCUT2D eigenvalue weighted by atomic mass is 35.5. The van der Waals surface area contributed by atoms with E-state index in [-0.39, 0.29) is 42.9 Å². The number of amides is 3. The number of fused-ring (bicyclic) bond motifs is 1. The van der Waals surface area contributed by atoms with E-state index in [4.69, 9.17) is 33.3 Å². The average molecular weight is 689 g/mol. The molecule has 3 amide bonds. The number of hydrogen-bond acceptors (Lipinski definition) is 6. The lowest BCUT2D eigenvalue weighted by Gasteiger charge is -2.37. The van der Waals surface area contributed by atoms with Gasteiger partial charge in [0, 0.05) is 28.3 Å². The van der Waals surface area contributed by atoms with Crippen LogP contribution in [-0.2, 0) is 15.1 Å².